The molecular formula is C12H14O2. The van der Waals surface area contributed by atoms with Gasteiger partial charge in [0.2, 0.25) is 0 Å². The van der Waals surface area contributed by atoms with Crippen LogP contribution in [-0.2, 0) is 11.2 Å². The van der Waals surface area contributed by atoms with Crippen LogP contribution >= 0.6 is 0 Å². The van der Waals surface area contributed by atoms with Gasteiger partial charge >= 0.3 is 0 Å². The summed E-state index contributed by atoms with van der Waals surface area (Å²) >= 11 is 0. The molecule has 0 atom stereocenters. The van der Waals surface area contributed by atoms with Gasteiger partial charge in [0.25, 0.3) is 0 Å². The lowest BCUT2D eigenvalue weighted by Gasteiger charge is -2.07. The monoisotopic (exact) mass is 190 g/mol. The third kappa shape index (κ3) is 2.28. The second-order valence-electron chi connectivity index (χ2n) is 3.63. The molecule has 0 heterocycles. The Morgan fingerprint density at radius 3 is 2.36 bits per heavy atom. The van der Waals surface area contributed by atoms with Crippen LogP contribution < -0.4 is 0 Å². The highest BCUT2D eigenvalue weighted by Gasteiger charge is 2.06. The number of hydrogen-bond acceptors (Lipinski definition) is 2. The van der Waals surface area contributed by atoms with Crippen LogP contribution in [0, 0.1) is 13.8 Å². The quantitative estimate of drug-likeness (QED) is 0.685. The van der Waals surface area contributed by atoms with Gasteiger partial charge in [0, 0.05) is 12.0 Å². The first-order valence-corrected chi connectivity index (χ1v) is 4.59. The van der Waals surface area contributed by atoms with Crippen molar-refractivity contribution in [2.45, 2.75) is 27.2 Å². The number of Topliss-reactive ketones (excluding diaryl/α,β-unsaturated/α-hetero) is 1. The van der Waals surface area contributed by atoms with E-state index in [1.807, 2.05) is 26.0 Å². The number of aryl methyl sites for hydroxylation is 2. The molecule has 0 saturated heterocycles. The van der Waals surface area contributed by atoms with Crippen LogP contribution in [0.1, 0.15) is 34.0 Å². The van der Waals surface area contributed by atoms with Crippen molar-refractivity contribution >= 4 is 12.1 Å². The van der Waals surface area contributed by atoms with Crippen LogP contribution in [0.3, 0.4) is 0 Å². The van der Waals surface area contributed by atoms with Crippen LogP contribution in [0.15, 0.2) is 12.1 Å². The zero-order valence-electron chi connectivity index (χ0n) is 8.76. The minimum absolute atomic E-state index is 0.0800. The summed E-state index contributed by atoms with van der Waals surface area (Å²) in [4.78, 5) is 21.7. The van der Waals surface area contributed by atoms with E-state index in [0.717, 1.165) is 23.0 Å². The second-order valence-corrected chi connectivity index (χ2v) is 3.63. The van der Waals surface area contributed by atoms with Crippen molar-refractivity contribution in [1.82, 2.24) is 0 Å². The molecule has 0 saturated carbocycles. The van der Waals surface area contributed by atoms with Gasteiger partial charge in [-0.05, 0) is 43.5 Å². The maximum atomic E-state index is 11.0. The highest BCUT2D eigenvalue weighted by Crippen LogP contribution is 2.15. The van der Waals surface area contributed by atoms with Gasteiger partial charge in [-0.25, -0.2) is 0 Å². The maximum absolute atomic E-state index is 11.0. The number of benzene rings is 1. The van der Waals surface area contributed by atoms with Gasteiger partial charge in [-0.1, -0.05) is 6.07 Å². The van der Waals surface area contributed by atoms with E-state index in [-0.39, 0.29) is 5.78 Å². The Hall–Kier alpha value is -1.44. The van der Waals surface area contributed by atoms with E-state index in [9.17, 15) is 9.59 Å². The molecule has 74 valence electrons. The summed E-state index contributed by atoms with van der Waals surface area (Å²) in [5, 5.41) is 0. The van der Waals surface area contributed by atoms with E-state index >= 15 is 0 Å². The molecule has 1 aromatic rings. The zero-order valence-corrected chi connectivity index (χ0v) is 8.76. The number of hydrogen-bond donors (Lipinski definition) is 0. The van der Waals surface area contributed by atoms with Crippen molar-refractivity contribution in [2.75, 3.05) is 0 Å². The Labute approximate surface area is 83.9 Å². The Balaban J connectivity index is 3.19. The first kappa shape index (κ1) is 10.6. The summed E-state index contributed by atoms with van der Waals surface area (Å²) in [5.74, 6) is 0.0800. The van der Waals surface area contributed by atoms with Crippen molar-refractivity contribution in [1.29, 1.82) is 0 Å². The molecule has 0 aromatic heterocycles. The molecule has 0 spiro atoms. The summed E-state index contributed by atoms with van der Waals surface area (Å²) in [6, 6.07) is 3.75. The molecule has 0 radical (unpaired) electrons. The summed E-state index contributed by atoms with van der Waals surface area (Å²) in [7, 11) is 0. The van der Waals surface area contributed by atoms with Crippen LogP contribution in [-0.4, -0.2) is 12.1 Å². The lowest BCUT2D eigenvalue weighted by atomic mass is 9.97. The van der Waals surface area contributed by atoms with Crippen LogP contribution in [0.4, 0.5) is 0 Å². The van der Waals surface area contributed by atoms with Crippen LogP contribution in [0.2, 0.25) is 0 Å². The summed E-state index contributed by atoms with van der Waals surface area (Å²) < 4.78 is 0. The van der Waals surface area contributed by atoms with Gasteiger partial charge in [0.1, 0.15) is 12.1 Å². The van der Waals surface area contributed by atoms with Crippen molar-refractivity contribution in [3.63, 3.8) is 0 Å². The molecule has 0 amide bonds. The van der Waals surface area contributed by atoms with E-state index in [1.54, 1.807) is 0 Å². The van der Waals surface area contributed by atoms with Crippen molar-refractivity contribution in [3.8, 4) is 0 Å². The molecule has 0 fully saturated rings. The molecule has 2 nitrogen and oxygen atoms in total. The first-order valence-electron chi connectivity index (χ1n) is 4.59. The fourth-order valence-corrected chi connectivity index (χ4v) is 1.43. The fraction of sp³-hybridized carbons (Fsp3) is 0.333. The van der Waals surface area contributed by atoms with Gasteiger partial charge in [0.15, 0.2) is 0 Å². The average Bonchev–Trinajstić information content (AvgIpc) is 2.10. The number of rotatable bonds is 3. The predicted octanol–water partition coefficient (Wildman–Crippen LogP) is 2.25. The van der Waals surface area contributed by atoms with Crippen molar-refractivity contribution in [2.24, 2.45) is 0 Å². The molecular weight excluding hydrogens is 176 g/mol. The molecule has 1 aromatic carbocycles. The molecule has 0 bridgehead atoms. The van der Waals surface area contributed by atoms with Gasteiger partial charge in [0.05, 0.1) is 0 Å². The van der Waals surface area contributed by atoms with E-state index < -0.39 is 0 Å². The summed E-state index contributed by atoms with van der Waals surface area (Å²) in [6.45, 7) is 5.47. The molecule has 14 heavy (non-hydrogen) atoms. The lowest BCUT2D eigenvalue weighted by molar-refractivity contribution is -0.116. The molecule has 0 aliphatic heterocycles. The third-order valence-corrected chi connectivity index (χ3v) is 2.32. The third-order valence-electron chi connectivity index (χ3n) is 2.32. The van der Waals surface area contributed by atoms with Crippen molar-refractivity contribution in [3.05, 3.63) is 34.4 Å². The molecule has 1 rings (SSSR count). The smallest absolute Gasteiger partial charge is 0.150 e. The van der Waals surface area contributed by atoms with Gasteiger partial charge < -0.3 is 0 Å². The number of carbonyl (C=O) groups is 2. The fourth-order valence-electron chi connectivity index (χ4n) is 1.43. The topological polar surface area (TPSA) is 34.1 Å². The SMILES string of the molecule is CC(=O)Cc1cc(C)c(C)cc1C=O. The van der Waals surface area contributed by atoms with Crippen LogP contribution in [0.25, 0.3) is 0 Å². The maximum Gasteiger partial charge on any atom is 0.150 e. The minimum atomic E-state index is 0.0800. The van der Waals surface area contributed by atoms with Gasteiger partial charge in [-0.3, -0.25) is 9.59 Å². The molecule has 0 unspecified atom stereocenters. The van der Waals surface area contributed by atoms with E-state index in [1.165, 1.54) is 6.92 Å². The molecule has 0 N–H and O–H groups in total. The normalized spacial score (nSPS) is 9.93. The highest BCUT2D eigenvalue weighted by atomic mass is 16.1. The van der Waals surface area contributed by atoms with Gasteiger partial charge in [-0.15, -0.1) is 0 Å². The number of aldehydes is 1. The molecule has 2 heteroatoms. The average molecular weight is 190 g/mol. The Bertz CT molecular complexity index is 378. The van der Waals surface area contributed by atoms with E-state index in [4.69, 9.17) is 0 Å². The summed E-state index contributed by atoms with van der Waals surface area (Å²) in [5.41, 5.74) is 3.66. The largest absolute Gasteiger partial charge is 0.300 e. The molecule has 0 aliphatic carbocycles. The van der Waals surface area contributed by atoms with E-state index in [2.05, 4.69) is 0 Å². The Kier molecular flexibility index (Phi) is 3.18. The Morgan fingerprint density at radius 2 is 1.86 bits per heavy atom. The Morgan fingerprint density at radius 1 is 1.29 bits per heavy atom. The minimum Gasteiger partial charge on any atom is -0.300 e. The van der Waals surface area contributed by atoms with Crippen LogP contribution in [0.5, 0.6) is 0 Å². The second kappa shape index (κ2) is 4.18. The number of carbonyl (C=O) groups excluding carboxylic acids is 2. The number of ketones is 1. The predicted molar refractivity (Wildman–Crippen MR) is 55.7 cm³/mol. The van der Waals surface area contributed by atoms with Gasteiger partial charge in [-0.2, -0.15) is 0 Å². The standard InChI is InChI=1S/C12H14O2/c1-8-4-11(6-10(3)14)12(7-13)5-9(8)2/h4-5,7H,6H2,1-3H3. The van der Waals surface area contributed by atoms with E-state index in [0.29, 0.717) is 12.0 Å². The molecule has 0 aliphatic rings. The summed E-state index contributed by atoms with van der Waals surface area (Å²) in [6.07, 6.45) is 1.15. The zero-order chi connectivity index (χ0) is 10.7. The lowest BCUT2D eigenvalue weighted by Crippen LogP contribution is -2.02. The first-order chi connectivity index (χ1) is 6.54. The van der Waals surface area contributed by atoms with Crippen molar-refractivity contribution < 1.29 is 9.59 Å². The highest BCUT2D eigenvalue weighted by molar-refractivity contribution is 5.84.